The van der Waals surface area contributed by atoms with Crippen LogP contribution in [-0.4, -0.2) is 47.1 Å². The Bertz CT molecular complexity index is 792. The number of carbonyl (C=O) groups excluding carboxylic acids is 1. The number of rotatable bonds is 1. The van der Waals surface area contributed by atoms with Gasteiger partial charge in [-0.05, 0) is 36.3 Å². The maximum absolute atomic E-state index is 12.7. The number of hydrogen-bond donors (Lipinski definition) is 3. The highest BCUT2D eigenvalue weighted by Crippen LogP contribution is 2.42. The van der Waals surface area contributed by atoms with Crippen molar-refractivity contribution >= 4 is 11.6 Å². The summed E-state index contributed by atoms with van der Waals surface area (Å²) in [7, 11) is 0. The number of ether oxygens (including phenoxy) is 1. The second kappa shape index (κ2) is 5.83. The van der Waals surface area contributed by atoms with Crippen LogP contribution < -0.4 is 20.9 Å². The summed E-state index contributed by atoms with van der Waals surface area (Å²) in [4.78, 5) is 18.8. The zero-order valence-corrected chi connectivity index (χ0v) is 14.5. The summed E-state index contributed by atoms with van der Waals surface area (Å²) in [5.74, 6) is 1.27. The molecule has 0 bridgehead atoms. The zero-order valence-electron chi connectivity index (χ0n) is 14.5. The minimum atomic E-state index is -0.994. The van der Waals surface area contributed by atoms with Crippen LogP contribution in [0.15, 0.2) is 12.3 Å². The van der Waals surface area contributed by atoms with Gasteiger partial charge in [0.05, 0.1) is 6.54 Å². The predicted octanol–water partition coefficient (Wildman–Crippen LogP) is 0.698. The lowest BCUT2D eigenvalue weighted by atomic mass is 9.74. The fourth-order valence-electron chi connectivity index (χ4n) is 4.90. The standard InChI is InChI=1S/C18H22N6O2/c19-10-24-5-4-18(9-24)17(25)22-15-6-11(7-20-16(15)26-18)12-2-1-3-14-13(12)8-21-23-14/h6-7,12-14,21,23H,1-5,8-9H2,(H,22,25). The lowest BCUT2D eigenvalue weighted by Gasteiger charge is -2.35. The van der Waals surface area contributed by atoms with E-state index in [4.69, 9.17) is 10.00 Å². The molecule has 8 nitrogen and oxygen atoms in total. The summed E-state index contributed by atoms with van der Waals surface area (Å²) in [6, 6.07) is 2.53. The van der Waals surface area contributed by atoms with E-state index < -0.39 is 5.60 Å². The Labute approximate surface area is 151 Å². The van der Waals surface area contributed by atoms with Gasteiger partial charge < -0.3 is 15.0 Å². The average Bonchev–Trinajstić information content (AvgIpc) is 3.29. The largest absolute Gasteiger partial charge is 0.457 e. The van der Waals surface area contributed by atoms with E-state index in [2.05, 4.69) is 27.3 Å². The molecule has 4 heterocycles. The first kappa shape index (κ1) is 15.9. The maximum Gasteiger partial charge on any atom is 0.270 e. The highest BCUT2D eigenvalue weighted by Gasteiger charge is 2.50. The van der Waals surface area contributed by atoms with Crippen LogP contribution in [0, 0.1) is 17.4 Å². The monoisotopic (exact) mass is 354 g/mol. The molecule has 4 unspecified atom stereocenters. The molecule has 26 heavy (non-hydrogen) atoms. The zero-order chi connectivity index (χ0) is 17.7. The number of aromatic nitrogens is 1. The van der Waals surface area contributed by atoms with Crippen molar-refractivity contribution in [1.29, 1.82) is 5.26 Å². The van der Waals surface area contributed by atoms with Gasteiger partial charge in [0.25, 0.3) is 5.91 Å². The summed E-state index contributed by atoms with van der Waals surface area (Å²) in [5, 5.41) is 12.1. The van der Waals surface area contributed by atoms with E-state index >= 15 is 0 Å². The number of nitrogens with zero attached hydrogens (tertiary/aromatic N) is 3. The first-order valence-corrected chi connectivity index (χ1v) is 9.32. The lowest BCUT2D eigenvalue weighted by molar-refractivity contribution is -0.131. The topological polar surface area (TPSA) is 102 Å². The van der Waals surface area contributed by atoms with Crippen LogP contribution in [0.4, 0.5) is 5.69 Å². The van der Waals surface area contributed by atoms with Crippen LogP contribution in [0.1, 0.15) is 37.2 Å². The van der Waals surface area contributed by atoms with Crippen LogP contribution in [0.3, 0.4) is 0 Å². The number of amides is 1. The Morgan fingerprint density at radius 1 is 1.42 bits per heavy atom. The molecule has 5 rings (SSSR count). The number of nitriles is 1. The van der Waals surface area contributed by atoms with E-state index in [1.165, 1.54) is 12.8 Å². The first-order valence-electron chi connectivity index (χ1n) is 9.32. The molecule has 1 aromatic rings. The van der Waals surface area contributed by atoms with Crippen molar-refractivity contribution in [3.05, 3.63) is 17.8 Å². The SMILES string of the molecule is N#CN1CCC2(C1)Oc1ncc(C3CCCC4NNCC43)cc1NC2=O. The molecule has 4 atom stereocenters. The third-order valence-corrected chi connectivity index (χ3v) is 6.32. The Morgan fingerprint density at radius 3 is 3.19 bits per heavy atom. The van der Waals surface area contributed by atoms with Gasteiger partial charge in [0.2, 0.25) is 11.5 Å². The van der Waals surface area contributed by atoms with Gasteiger partial charge in [0.1, 0.15) is 5.69 Å². The van der Waals surface area contributed by atoms with Gasteiger partial charge in [-0.15, -0.1) is 0 Å². The Morgan fingerprint density at radius 2 is 2.35 bits per heavy atom. The lowest BCUT2D eigenvalue weighted by Crippen LogP contribution is -2.52. The normalized spacial score (nSPS) is 35.4. The molecule has 136 valence electrons. The molecule has 0 aromatic carbocycles. The average molecular weight is 354 g/mol. The first-order chi connectivity index (χ1) is 12.7. The number of nitrogens with one attached hydrogen (secondary N) is 3. The Hall–Kier alpha value is -2.37. The van der Waals surface area contributed by atoms with Gasteiger partial charge in [-0.25, -0.2) is 4.98 Å². The van der Waals surface area contributed by atoms with Crippen molar-refractivity contribution < 1.29 is 9.53 Å². The third kappa shape index (κ3) is 2.35. The minimum Gasteiger partial charge on any atom is -0.457 e. The summed E-state index contributed by atoms with van der Waals surface area (Å²) in [6.45, 7) is 1.77. The second-order valence-corrected chi connectivity index (χ2v) is 7.78. The van der Waals surface area contributed by atoms with Gasteiger partial charge in [-0.1, -0.05) is 6.42 Å². The van der Waals surface area contributed by atoms with E-state index in [9.17, 15) is 4.79 Å². The highest BCUT2D eigenvalue weighted by atomic mass is 16.5. The minimum absolute atomic E-state index is 0.174. The molecular weight excluding hydrogens is 332 g/mol. The van der Waals surface area contributed by atoms with Gasteiger partial charge >= 0.3 is 0 Å². The van der Waals surface area contributed by atoms with Gasteiger partial charge in [0, 0.05) is 31.7 Å². The molecule has 1 spiro atoms. The highest BCUT2D eigenvalue weighted by molar-refractivity contribution is 6.01. The quantitative estimate of drug-likeness (QED) is 0.638. The van der Waals surface area contributed by atoms with E-state index in [0.717, 1.165) is 18.5 Å². The fraction of sp³-hybridized carbons (Fsp3) is 0.611. The molecule has 1 saturated carbocycles. The number of likely N-dealkylation sites (tertiary alicyclic amines) is 1. The van der Waals surface area contributed by atoms with Gasteiger partial charge in [-0.2, -0.15) is 5.26 Å². The van der Waals surface area contributed by atoms with E-state index in [1.54, 1.807) is 4.90 Å². The molecule has 1 aromatic heterocycles. The summed E-state index contributed by atoms with van der Waals surface area (Å²) < 4.78 is 6.01. The predicted molar refractivity (Wildman–Crippen MR) is 93.0 cm³/mol. The van der Waals surface area contributed by atoms with Gasteiger partial charge in [0.15, 0.2) is 6.19 Å². The van der Waals surface area contributed by atoms with E-state index in [1.807, 2.05) is 12.3 Å². The second-order valence-electron chi connectivity index (χ2n) is 7.78. The van der Waals surface area contributed by atoms with E-state index in [-0.39, 0.29) is 12.5 Å². The molecule has 8 heteroatoms. The molecule has 3 aliphatic heterocycles. The Balaban J connectivity index is 1.42. The van der Waals surface area contributed by atoms with Crippen LogP contribution in [0.5, 0.6) is 5.88 Å². The number of fused-ring (bicyclic) bond motifs is 2. The maximum atomic E-state index is 12.7. The molecule has 3 N–H and O–H groups in total. The molecule has 0 radical (unpaired) electrons. The molecule has 2 saturated heterocycles. The number of pyridine rings is 1. The molecule has 1 amide bonds. The molecule has 3 fully saturated rings. The third-order valence-electron chi connectivity index (χ3n) is 6.32. The summed E-state index contributed by atoms with van der Waals surface area (Å²) in [5.41, 5.74) is 7.47. The van der Waals surface area contributed by atoms with Crippen molar-refractivity contribution in [2.45, 2.75) is 43.2 Å². The number of anilines is 1. The van der Waals surface area contributed by atoms with Crippen molar-refractivity contribution in [2.24, 2.45) is 5.92 Å². The molecular formula is C18H22N6O2. The fourth-order valence-corrected chi connectivity index (χ4v) is 4.90. The number of hydrazine groups is 1. The van der Waals surface area contributed by atoms with Crippen molar-refractivity contribution in [3.63, 3.8) is 0 Å². The molecule has 4 aliphatic rings. The van der Waals surface area contributed by atoms with Crippen LogP contribution >= 0.6 is 0 Å². The van der Waals surface area contributed by atoms with Crippen molar-refractivity contribution in [3.8, 4) is 12.1 Å². The number of hydrogen-bond acceptors (Lipinski definition) is 7. The Kier molecular flexibility index (Phi) is 3.55. The van der Waals surface area contributed by atoms with Crippen LogP contribution in [-0.2, 0) is 4.79 Å². The van der Waals surface area contributed by atoms with Crippen molar-refractivity contribution in [2.75, 3.05) is 25.0 Å². The van der Waals surface area contributed by atoms with Crippen molar-refractivity contribution in [1.82, 2.24) is 20.7 Å². The number of carbonyl (C=O) groups is 1. The molecule has 1 aliphatic carbocycles. The smallest absolute Gasteiger partial charge is 0.270 e. The van der Waals surface area contributed by atoms with Crippen LogP contribution in [0.25, 0.3) is 0 Å². The summed E-state index contributed by atoms with van der Waals surface area (Å²) in [6.07, 6.45) is 8.02. The summed E-state index contributed by atoms with van der Waals surface area (Å²) >= 11 is 0. The van der Waals surface area contributed by atoms with E-state index in [0.29, 0.717) is 42.4 Å². The van der Waals surface area contributed by atoms with Gasteiger partial charge in [-0.3, -0.25) is 15.6 Å². The van der Waals surface area contributed by atoms with Crippen LogP contribution in [0.2, 0.25) is 0 Å².